The maximum Gasteiger partial charge on any atom is 0.407 e. The maximum absolute atomic E-state index is 11.7. The topological polar surface area (TPSA) is 77.2 Å². The third-order valence-electron chi connectivity index (χ3n) is 2.68. The van der Waals surface area contributed by atoms with E-state index in [1.807, 2.05) is 20.8 Å². The van der Waals surface area contributed by atoms with E-state index in [0.717, 1.165) is 25.0 Å². The number of rotatable bonds is 1. The smallest absolute Gasteiger partial charge is 0.407 e. The number of hydrogen-bond donors (Lipinski definition) is 2. The minimum atomic E-state index is -0.459. The second-order valence-electron chi connectivity index (χ2n) is 5.51. The molecule has 1 atom stereocenters. The van der Waals surface area contributed by atoms with Crippen LogP contribution in [0, 0.1) is 0 Å². The van der Waals surface area contributed by atoms with Crippen molar-refractivity contribution in [2.75, 3.05) is 5.73 Å². The number of carbonyl (C=O) groups is 1. The molecule has 0 radical (unpaired) electrons. The van der Waals surface area contributed by atoms with Gasteiger partial charge in [-0.15, -0.1) is 11.3 Å². The number of anilines is 1. The summed E-state index contributed by atoms with van der Waals surface area (Å²) in [4.78, 5) is 17.1. The molecule has 0 unspecified atom stereocenters. The van der Waals surface area contributed by atoms with Crippen LogP contribution in [0.4, 0.5) is 9.93 Å². The molecule has 18 heavy (non-hydrogen) atoms. The highest BCUT2D eigenvalue weighted by Crippen LogP contribution is 2.28. The standard InChI is InChI=1S/C12H19N3O2S/c1-12(2,3)17-11(16)14-7-4-5-8-9(6-7)18-10(13)15-8/h7H,4-6H2,1-3H3,(H2,13,15)(H,14,16)/t7-/m1/s1. The fraction of sp³-hybridized carbons (Fsp3) is 0.667. The van der Waals surface area contributed by atoms with Crippen LogP contribution >= 0.6 is 11.3 Å². The molecule has 0 aliphatic heterocycles. The molecule has 5 nitrogen and oxygen atoms in total. The Bertz CT molecular complexity index is 451. The van der Waals surface area contributed by atoms with Gasteiger partial charge in [0.1, 0.15) is 5.60 Å². The molecule has 1 aromatic rings. The van der Waals surface area contributed by atoms with Gasteiger partial charge < -0.3 is 15.8 Å². The number of nitrogens with two attached hydrogens (primary N) is 1. The zero-order chi connectivity index (χ0) is 13.3. The van der Waals surface area contributed by atoms with Gasteiger partial charge in [0.15, 0.2) is 5.13 Å². The van der Waals surface area contributed by atoms with Crippen molar-refractivity contribution in [3.63, 3.8) is 0 Å². The van der Waals surface area contributed by atoms with Gasteiger partial charge in [-0.25, -0.2) is 9.78 Å². The zero-order valence-electron chi connectivity index (χ0n) is 10.9. The molecule has 100 valence electrons. The van der Waals surface area contributed by atoms with E-state index in [-0.39, 0.29) is 12.1 Å². The Morgan fingerprint density at radius 1 is 1.56 bits per heavy atom. The number of thiazole rings is 1. The van der Waals surface area contributed by atoms with Crippen molar-refractivity contribution in [2.45, 2.75) is 51.7 Å². The lowest BCUT2D eigenvalue weighted by Gasteiger charge is -2.25. The van der Waals surface area contributed by atoms with Gasteiger partial charge in [-0.2, -0.15) is 0 Å². The van der Waals surface area contributed by atoms with Crippen LogP contribution < -0.4 is 11.1 Å². The second-order valence-corrected chi connectivity index (χ2v) is 6.62. The predicted octanol–water partition coefficient (Wildman–Crippen LogP) is 2.11. The van der Waals surface area contributed by atoms with Gasteiger partial charge in [0.05, 0.1) is 5.69 Å². The highest BCUT2D eigenvalue weighted by molar-refractivity contribution is 7.15. The molecule has 1 aliphatic carbocycles. The van der Waals surface area contributed by atoms with Gasteiger partial charge in [-0.3, -0.25) is 0 Å². The molecule has 6 heteroatoms. The SMILES string of the molecule is CC(C)(C)OC(=O)N[C@@H]1CCc2nc(N)sc2C1. The van der Waals surface area contributed by atoms with Crippen molar-refractivity contribution >= 4 is 22.6 Å². The summed E-state index contributed by atoms with van der Waals surface area (Å²) >= 11 is 1.51. The number of nitrogens with one attached hydrogen (secondary N) is 1. The Kier molecular flexibility index (Phi) is 3.47. The number of carbonyl (C=O) groups excluding carboxylic acids is 1. The molecule has 0 spiro atoms. The summed E-state index contributed by atoms with van der Waals surface area (Å²) in [6.07, 6.45) is 2.19. The number of nitrogens with zero attached hydrogens (tertiary/aromatic N) is 1. The van der Waals surface area contributed by atoms with Crippen molar-refractivity contribution in [2.24, 2.45) is 0 Å². The largest absolute Gasteiger partial charge is 0.444 e. The maximum atomic E-state index is 11.7. The highest BCUT2D eigenvalue weighted by atomic mass is 32.1. The molecular formula is C12H19N3O2S. The fourth-order valence-electron chi connectivity index (χ4n) is 1.99. The zero-order valence-corrected chi connectivity index (χ0v) is 11.8. The lowest BCUT2D eigenvalue weighted by Crippen LogP contribution is -2.41. The van der Waals surface area contributed by atoms with Gasteiger partial charge in [0.25, 0.3) is 0 Å². The normalized spacial score (nSPS) is 19.2. The Morgan fingerprint density at radius 3 is 2.94 bits per heavy atom. The summed E-state index contributed by atoms with van der Waals surface area (Å²) in [5.41, 5.74) is 6.31. The minimum Gasteiger partial charge on any atom is -0.444 e. The molecule has 0 saturated carbocycles. The molecule has 0 aromatic carbocycles. The quantitative estimate of drug-likeness (QED) is 0.818. The van der Waals surface area contributed by atoms with Gasteiger partial charge in [-0.05, 0) is 33.6 Å². The first-order valence-electron chi connectivity index (χ1n) is 6.07. The van der Waals surface area contributed by atoms with E-state index in [9.17, 15) is 4.79 Å². The summed E-state index contributed by atoms with van der Waals surface area (Å²) in [6.45, 7) is 5.57. The summed E-state index contributed by atoms with van der Waals surface area (Å²) in [7, 11) is 0. The molecule has 3 N–H and O–H groups in total. The molecule has 1 aliphatic rings. The molecule has 0 bridgehead atoms. The Labute approximate surface area is 111 Å². The van der Waals surface area contributed by atoms with E-state index in [1.54, 1.807) is 0 Å². The number of alkyl carbamates (subject to hydrolysis) is 1. The average Bonchev–Trinajstić information content (AvgIpc) is 2.53. The summed E-state index contributed by atoms with van der Waals surface area (Å²) in [6, 6.07) is 0.118. The van der Waals surface area contributed by atoms with Gasteiger partial charge in [0.2, 0.25) is 0 Å². The van der Waals surface area contributed by atoms with Crippen LogP contribution in [-0.2, 0) is 17.6 Å². The molecule has 1 aromatic heterocycles. The van der Waals surface area contributed by atoms with Crippen LogP contribution in [0.2, 0.25) is 0 Å². The van der Waals surface area contributed by atoms with Crippen molar-refractivity contribution < 1.29 is 9.53 Å². The minimum absolute atomic E-state index is 0.118. The number of ether oxygens (including phenoxy) is 1. The van der Waals surface area contributed by atoms with Crippen LogP contribution in [0.3, 0.4) is 0 Å². The first-order valence-corrected chi connectivity index (χ1v) is 6.89. The number of hydrogen-bond acceptors (Lipinski definition) is 5. The summed E-state index contributed by atoms with van der Waals surface area (Å²) in [5.74, 6) is 0. The molecule has 0 saturated heterocycles. The van der Waals surface area contributed by atoms with Crippen LogP contribution in [0.25, 0.3) is 0 Å². The molecule has 1 amide bonds. The van der Waals surface area contributed by atoms with E-state index in [4.69, 9.17) is 10.5 Å². The van der Waals surface area contributed by atoms with Crippen molar-refractivity contribution in [3.05, 3.63) is 10.6 Å². The van der Waals surface area contributed by atoms with E-state index in [0.29, 0.717) is 5.13 Å². The first kappa shape index (κ1) is 13.1. The lowest BCUT2D eigenvalue weighted by atomic mass is 9.98. The van der Waals surface area contributed by atoms with Crippen molar-refractivity contribution in [1.82, 2.24) is 10.3 Å². The number of aryl methyl sites for hydroxylation is 1. The van der Waals surface area contributed by atoms with Gasteiger partial charge in [-0.1, -0.05) is 0 Å². The summed E-state index contributed by atoms with van der Waals surface area (Å²) < 4.78 is 5.25. The lowest BCUT2D eigenvalue weighted by molar-refractivity contribution is 0.0500. The number of nitrogen functional groups attached to an aromatic ring is 1. The fourth-order valence-corrected chi connectivity index (χ4v) is 2.95. The number of aromatic nitrogens is 1. The molecule has 2 rings (SSSR count). The summed E-state index contributed by atoms with van der Waals surface area (Å²) in [5, 5.41) is 3.51. The van der Waals surface area contributed by atoms with E-state index in [2.05, 4.69) is 10.3 Å². The van der Waals surface area contributed by atoms with Crippen LogP contribution in [0.15, 0.2) is 0 Å². The van der Waals surface area contributed by atoms with Crippen LogP contribution in [0.1, 0.15) is 37.8 Å². The number of amides is 1. The molecule has 1 heterocycles. The van der Waals surface area contributed by atoms with E-state index in [1.165, 1.54) is 16.2 Å². The number of fused-ring (bicyclic) bond motifs is 1. The molecular weight excluding hydrogens is 250 g/mol. The monoisotopic (exact) mass is 269 g/mol. The Morgan fingerprint density at radius 2 is 2.28 bits per heavy atom. The van der Waals surface area contributed by atoms with Crippen LogP contribution in [-0.4, -0.2) is 22.7 Å². The first-order chi connectivity index (χ1) is 8.33. The van der Waals surface area contributed by atoms with Gasteiger partial charge in [0, 0.05) is 17.3 Å². The van der Waals surface area contributed by atoms with Crippen molar-refractivity contribution in [3.8, 4) is 0 Å². The third kappa shape index (κ3) is 3.35. The Hall–Kier alpha value is -1.30. The second kappa shape index (κ2) is 4.76. The van der Waals surface area contributed by atoms with Gasteiger partial charge >= 0.3 is 6.09 Å². The van der Waals surface area contributed by atoms with E-state index >= 15 is 0 Å². The van der Waals surface area contributed by atoms with E-state index < -0.39 is 5.60 Å². The predicted molar refractivity (Wildman–Crippen MR) is 71.7 cm³/mol. The van der Waals surface area contributed by atoms with Crippen LogP contribution in [0.5, 0.6) is 0 Å². The Balaban J connectivity index is 1.91. The third-order valence-corrected chi connectivity index (χ3v) is 3.63. The average molecular weight is 269 g/mol. The highest BCUT2D eigenvalue weighted by Gasteiger charge is 2.25. The van der Waals surface area contributed by atoms with Crippen molar-refractivity contribution in [1.29, 1.82) is 0 Å². The molecule has 0 fully saturated rings.